The maximum Gasteiger partial charge on any atom is 0.373 e. The highest BCUT2D eigenvalue weighted by Crippen LogP contribution is 2.28. The smallest absolute Gasteiger partial charge is 0.243 e. The molecule has 0 aliphatic carbocycles. The second-order valence-corrected chi connectivity index (χ2v) is 5.87. The third-order valence-electron chi connectivity index (χ3n) is 4.19. The van der Waals surface area contributed by atoms with Gasteiger partial charge in [-0.1, -0.05) is 18.2 Å². The molecular formula is C18H16F2N4. The van der Waals surface area contributed by atoms with E-state index in [-0.39, 0.29) is 0 Å². The number of hydrogen-bond donors (Lipinski definition) is 0. The number of benzene rings is 1. The normalized spacial score (nSPS) is 11.7. The van der Waals surface area contributed by atoms with Crippen LogP contribution in [0.15, 0.2) is 30.3 Å². The van der Waals surface area contributed by atoms with Gasteiger partial charge in [-0.3, -0.25) is 0 Å². The van der Waals surface area contributed by atoms with E-state index < -0.39 is 11.6 Å². The van der Waals surface area contributed by atoms with E-state index in [0.29, 0.717) is 17.6 Å². The first-order valence-corrected chi connectivity index (χ1v) is 7.52. The molecule has 24 heavy (non-hydrogen) atoms. The lowest BCUT2D eigenvalue weighted by Crippen LogP contribution is -2.13. The van der Waals surface area contributed by atoms with Crippen LogP contribution in [-0.2, 0) is 12.5 Å². The number of fused-ring (bicyclic) bond motifs is 1. The van der Waals surface area contributed by atoms with Gasteiger partial charge in [0.15, 0.2) is 5.65 Å². The lowest BCUT2D eigenvalue weighted by molar-refractivity contribution is 0.0566. The maximum atomic E-state index is 13.7. The first-order chi connectivity index (χ1) is 11.3. The first-order valence-electron chi connectivity index (χ1n) is 7.52. The zero-order valence-electron chi connectivity index (χ0n) is 13.6. The van der Waals surface area contributed by atoms with Gasteiger partial charge >= 0.3 is 5.92 Å². The Kier molecular flexibility index (Phi) is 3.80. The third-order valence-corrected chi connectivity index (χ3v) is 4.19. The van der Waals surface area contributed by atoms with Crippen molar-refractivity contribution in [2.24, 2.45) is 0 Å². The van der Waals surface area contributed by atoms with Gasteiger partial charge in [-0.15, -0.1) is 0 Å². The minimum atomic E-state index is -3.62. The quantitative estimate of drug-likeness (QED) is 0.730. The summed E-state index contributed by atoms with van der Waals surface area (Å²) in [6, 6.07) is 9.71. The van der Waals surface area contributed by atoms with Gasteiger partial charge in [-0.05, 0) is 49.6 Å². The van der Waals surface area contributed by atoms with E-state index in [1.165, 1.54) is 6.07 Å². The summed E-state index contributed by atoms with van der Waals surface area (Å²) in [7, 11) is 0. The molecule has 4 nitrogen and oxygen atoms in total. The zero-order valence-corrected chi connectivity index (χ0v) is 13.6. The van der Waals surface area contributed by atoms with Crippen molar-refractivity contribution in [3.8, 4) is 6.07 Å². The minimum Gasteiger partial charge on any atom is -0.243 e. The fraction of sp³-hybridized carbons (Fsp3) is 0.278. The molecule has 122 valence electrons. The highest BCUT2D eigenvalue weighted by Gasteiger charge is 2.33. The molecule has 0 bridgehead atoms. The standard InChI is InChI=1S/C18H16F2N4/c1-11-5-4-6-12(2)15(11)9-24-17-14(13(3)23-24)7-8-16(22-17)18(19,20)10-21/h4-8H,9H2,1-3H3. The molecule has 3 rings (SSSR count). The van der Waals surface area contributed by atoms with E-state index in [1.54, 1.807) is 10.7 Å². The van der Waals surface area contributed by atoms with Crippen LogP contribution in [0.5, 0.6) is 0 Å². The number of aromatic nitrogens is 3. The fourth-order valence-electron chi connectivity index (χ4n) is 2.80. The number of alkyl halides is 2. The van der Waals surface area contributed by atoms with Gasteiger partial charge in [0.2, 0.25) is 0 Å². The van der Waals surface area contributed by atoms with Crippen LogP contribution in [0.2, 0.25) is 0 Å². The Hall–Kier alpha value is -2.81. The molecule has 2 heterocycles. The van der Waals surface area contributed by atoms with E-state index in [9.17, 15) is 8.78 Å². The van der Waals surface area contributed by atoms with E-state index in [1.807, 2.05) is 39.0 Å². The van der Waals surface area contributed by atoms with Crippen molar-refractivity contribution in [1.29, 1.82) is 5.26 Å². The molecule has 0 amide bonds. The predicted octanol–water partition coefficient (Wildman–Crippen LogP) is 4.02. The average molecular weight is 326 g/mol. The zero-order chi connectivity index (χ0) is 17.5. The van der Waals surface area contributed by atoms with Crippen molar-refractivity contribution >= 4 is 11.0 Å². The van der Waals surface area contributed by atoms with Crippen LogP contribution in [0, 0.1) is 32.1 Å². The third kappa shape index (κ3) is 2.62. The predicted molar refractivity (Wildman–Crippen MR) is 86.8 cm³/mol. The molecule has 0 atom stereocenters. The second kappa shape index (κ2) is 5.68. The summed E-state index contributed by atoms with van der Waals surface area (Å²) in [5.41, 5.74) is 3.82. The molecule has 3 aromatic rings. The van der Waals surface area contributed by atoms with Crippen LogP contribution in [0.4, 0.5) is 8.78 Å². The van der Waals surface area contributed by atoms with Gasteiger partial charge in [-0.25, -0.2) is 9.67 Å². The lowest BCUT2D eigenvalue weighted by Gasteiger charge is -2.11. The van der Waals surface area contributed by atoms with Crippen molar-refractivity contribution in [2.75, 3.05) is 0 Å². The van der Waals surface area contributed by atoms with Crippen LogP contribution < -0.4 is 0 Å². The Morgan fingerprint density at radius 3 is 2.42 bits per heavy atom. The topological polar surface area (TPSA) is 54.5 Å². The number of pyridine rings is 1. The Balaban J connectivity index is 2.15. The molecule has 0 radical (unpaired) electrons. The fourth-order valence-corrected chi connectivity index (χ4v) is 2.80. The van der Waals surface area contributed by atoms with E-state index >= 15 is 0 Å². The highest BCUT2D eigenvalue weighted by molar-refractivity contribution is 5.78. The summed E-state index contributed by atoms with van der Waals surface area (Å²) in [6.07, 6.45) is 0. The monoisotopic (exact) mass is 326 g/mol. The van der Waals surface area contributed by atoms with Gasteiger partial charge in [0, 0.05) is 5.39 Å². The molecule has 6 heteroatoms. The Bertz CT molecular complexity index is 947. The molecule has 2 aromatic heterocycles. The molecule has 0 saturated heterocycles. The minimum absolute atomic E-state index is 0.363. The van der Waals surface area contributed by atoms with Gasteiger partial charge in [0.05, 0.1) is 12.2 Å². The molecule has 1 aromatic carbocycles. The Labute approximate surface area is 138 Å². The summed E-state index contributed by atoms with van der Waals surface area (Å²) < 4.78 is 28.9. The molecule has 0 aliphatic heterocycles. The number of rotatable bonds is 3. The number of hydrogen-bond acceptors (Lipinski definition) is 3. The SMILES string of the molecule is Cc1cccc(C)c1Cn1nc(C)c2ccc(C(F)(F)C#N)nc21. The Morgan fingerprint density at radius 2 is 1.79 bits per heavy atom. The molecular weight excluding hydrogens is 310 g/mol. The Morgan fingerprint density at radius 1 is 1.12 bits per heavy atom. The van der Waals surface area contributed by atoms with Crippen molar-refractivity contribution in [3.05, 3.63) is 58.4 Å². The molecule has 0 aliphatic rings. The summed E-state index contributed by atoms with van der Waals surface area (Å²) in [5, 5.41) is 13.8. The summed E-state index contributed by atoms with van der Waals surface area (Å²) in [5.74, 6) is -3.62. The largest absolute Gasteiger partial charge is 0.373 e. The number of nitriles is 1. The van der Waals surface area contributed by atoms with E-state index in [2.05, 4.69) is 10.1 Å². The van der Waals surface area contributed by atoms with Crippen LogP contribution in [-0.4, -0.2) is 14.8 Å². The number of halogens is 2. The van der Waals surface area contributed by atoms with Crippen molar-refractivity contribution in [2.45, 2.75) is 33.2 Å². The summed E-state index contributed by atoms with van der Waals surface area (Å²) >= 11 is 0. The average Bonchev–Trinajstić information content (AvgIpc) is 2.87. The van der Waals surface area contributed by atoms with Gasteiger partial charge in [-0.2, -0.15) is 19.1 Å². The van der Waals surface area contributed by atoms with E-state index in [0.717, 1.165) is 28.5 Å². The first kappa shape index (κ1) is 16.1. The number of aryl methyl sites for hydroxylation is 3. The van der Waals surface area contributed by atoms with Gasteiger partial charge in [0.25, 0.3) is 0 Å². The molecule has 0 unspecified atom stereocenters. The van der Waals surface area contributed by atoms with Crippen LogP contribution in [0.3, 0.4) is 0 Å². The molecule has 0 fully saturated rings. The van der Waals surface area contributed by atoms with Crippen LogP contribution in [0.1, 0.15) is 28.1 Å². The molecule has 0 spiro atoms. The van der Waals surface area contributed by atoms with E-state index in [4.69, 9.17) is 5.26 Å². The maximum absolute atomic E-state index is 13.7. The summed E-state index contributed by atoms with van der Waals surface area (Å²) in [4.78, 5) is 4.02. The van der Waals surface area contributed by atoms with Crippen LogP contribution in [0.25, 0.3) is 11.0 Å². The van der Waals surface area contributed by atoms with Gasteiger partial charge < -0.3 is 0 Å². The second-order valence-electron chi connectivity index (χ2n) is 5.87. The summed E-state index contributed by atoms with van der Waals surface area (Å²) in [6.45, 7) is 6.26. The highest BCUT2D eigenvalue weighted by atomic mass is 19.3. The molecule has 0 N–H and O–H groups in total. The van der Waals surface area contributed by atoms with Crippen molar-refractivity contribution < 1.29 is 8.78 Å². The molecule has 0 saturated carbocycles. The van der Waals surface area contributed by atoms with Crippen molar-refractivity contribution in [1.82, 2.24) is 14.8 Å². The van der Waals surface area contributed by atoms with Crippen LogP contribution >= 0.6 is 0 Å². The van der Waals surface area contributed by atoms with Crippen molar-refractivity contribution in [3.63, 3.8) is 0 Å². The number of nitrogens with zero attached hydrogens (tertiary/aromatic N) is 4. The lowest BCUT2D eigenvalue weighted by atomic mass is 10.0. The van der Waals surface area contributed by atoms with Gasteiger partial charge in [0.1, 0.15) is 11.8 Å².